The summed E-state index contributed by atoms with van der Waals surface area (Å²) in [6.07, 6.45) is 4.56. The number of aliphatic imine (C=N–C) groups is 3. The summed E-state index contributed by atoms with van der Waals surface area (Å²) >= 11 is 1.68. The highest BCUT2D eigenvalue weighted by Crippen LogP contribution is 2.26. The summed E-state index contributed by atoms with van der Waals surface area (Å²) < 4.78 is 0. The van der Waals surface area contributed by atoms with Gasteiger partial charge in [-0.05, 0) is 43.5 Å². The second kappa shape index (κ2) is 8.36. The fourth-order valence-corrected chi connectivity index (χ4v) is 3.48. The van der Waals surface area contributed by atoms with Crippen molar-refractivity contribution < 1.29 is 0 Å². The van der Waals surface area contributed by atoms with E-state index < -0.39 is 0 Å². The molecule has 1 aromatic heterocycles. The fraction of sp³-hybridized carbons (Fsp3) is 0.400. The van der Waals surface area contributed by atoms with Gasteiger partial charge in [0.1, 0.15) is 11.4 Å². The van der Waals surface area contributed by atoms with Crippen LogP contribution in [0.2, 0.25) is 0 Å². The minimum absolute atomic E-state index is 0.756. The zero-order valence-corrected chi connectivity index (χ0v) is 16.7. The smallest absolute Gasteiger partial charge is 0.102 e. The van der Waals surface area contributed by atoms with Gasteiger partial charge in [0.25, 0.3) is 0 Å². The Kier molecular flexibility index (Phi) is 5.93. The molecule has 0 unspecified atom stereocenters. The van der Waals surface area contributed by atoms with E-state index in [-0.39, 0.29) is 0 Å². The maximum atomic E-state index is 4.75. The molecule has 1 aliphatic rings. The first-order chi connectivity index (χ1) is 12.6. The molecular formula is C20H25N5S. The van der Waals surface area contributed by atoms with Crippen LogP contribution in [0.1, 0.15) is 34.3 Å². The molecule has 0 bridgehead atoms. The lowest BCUT2D eigenvalue weighted by Gasteiger charge is -2.11. The first kappa shape index (κ1) is 18.5. The van der Waals surface area contributed by atoms with Gasteiger partial charge >= 0.3 is 0 Å². The quantitative estimate of drug-likeness (QED) is 0.575. The monoisotopic (exact) mass is 367 g/mol. The topological polar surface area (TPSA) is 53.2 Å². The fourth-order valence-electron chi connectivity index (χ4n) is 2.67. The first-order valence-electron chi connectivity index (χ1n) is 8.90. The Balaban J connectivity index is 1.77. The number of aryl methyl sites for hydroxylation is 2. The number of benzene rings is 1. The van der Waals surface area contributed by atoms with Crippen molar-refractivity contribution >= 4 is 35.3 Å². The Hall–Kier alpha value is -2.34. The molecule has 0 fully saturated rings. The molecule has 0 atom stereocenters. The van der Waals surface area contributed by atoms with Crippen LogP contribution >= 0.6 is 11.3 Å². The summed E-state index contributed by atoms with van der Waals surface area (Å²) in [5, 5.41) is 3.18. The third-order valence-electron chi connectivity index (χ3n) is 4.43. The lowest BCUT2D eigenvalue weighted by atomic mass is 10.0. The highest BCUT2D eigenvalue weighted by atomic mass is 32.1. The minimum atomic E-state index is 0.756. The first-order valence-corrected chi connectivity index (χ1v) is 9.78. The molecule has 1 aromatic carbocycles. The van der Waals surface area contributed by atoms with Gasteiger partial charge in [-0.2, -0.15) is 0 Å². The zero-order valence-electron chi connectivity index (χ0n) is 15.9. The molecule has 3 rings (SSSR count). The van der Waals surface area contributed by atoms with E-state index in [2.05, 4.69) is 58.2 Å². The van der Waals surface area contributed by atoms with E-state index in [9.17, 15) is 0 Å². The van der Waals surface area contributed by atoms with Gasteiger partial charge in [-0.3, -0.25) is 9.98 Å². The molecule has 0 spiro atoms. The molecule has 2 heterocycles. The van der Waals surface area contributed by atoms with E-state index in [1.54, 1.807) is 11.3 Å². The molecule has 0 aliphatic carbocycles. The summed E-state index contributed by atoms with van der Waals surface area (Å²) in [5.41, 5.74) is 6.59. The van der Waals surface area contributed by atoms with Crippen molar-refractivity contribution in [2.75, 3.05) is 26.7 Å². The Morgan fingerprint density at radius 1 is 1.23 bits per heavy atom. The molecule has 2 aromatic rings. The van der Waals surface area contributed by atoms with E-state index in [1.165, 1.54) is 16.7 Å². The van der Waals surface area contributed by atoms with Crippen LogP contribution in [0.15, 0.2) is 32.5 Å². The summed E-state index contributed by atoms with van der Waals surface area (Å²) in [6, 6.07) is 4.39. The highest BCUT2D eigenvalue weighted by Gasteiger charge is 2.11. The average molecular weight is 368 g/mol. The van der Waals surface area contributed by atoms with Crippen molar-refractivity contribution in [3.8, 4) is 0 Å². The van der Waals surface area contributed by atoms with Crippen LogP contribution in [-0.2, 0) is 6.42 Å². The Morgan fingerprint density at radius 3 is 2.81 bits per heavy atom. The van der Waals surface area contributed by atoms with Crippen molar-refractivity contribution in [1.29, 1.82) is 0 Å². The maximum Gasteiger partial charge on any atom is 0.102 e. The highest BCUT2D eigenvalue weighted by molar-refractivity contribution is 7.09. The molecule has 6 heteroatoms. The number of thiazole rings is 1. The van der Waals surface area contributed by atoms with Crippen LogP contribution in [0.4, 0.5) is 5.69 Å². The van der Waals surface area contributed by atoms with Gasteiger partial charge in [-0.1, -0.05) is 6.07 Å². The van der Waals surface area contributed by atoms with Crippen LogP contribution in [-0.4, -0.2) is 54.8 Å². The van der Waals surface area contributed by atoms with Crippen molar-refractivity contribution in [1.82, 2.24) is 9.88 Å². The second-order valence-electron chi connectivity index (χ2n) is 6.49. The van der Waals surface area contributed by atoms with E-state index in [0.29, 0.717) is 0 Å². The Labute approximate surface area is 159 Å². The minimum Gasteiger partial charge on any atom is -0.366 e. The predicted octanol–water partition coefficient (Wildman–Crippen LogP) is 3.84. The van der Waals surface area contributed by atoms with Crippen LogP contribution < -0.4 is 0 Å². The molecule has 136 valence electrons. The summed E-state index contributed by atoms with van der Waals surface area (Å²) in [7, 11) is 2.03. The largest absolute Gasteiger partial charge is 0.366 e. The van der Waals surface area contributed by atoms with Crippen molar-refractivity contribution in [3.63, 3.8) is 0 Å². The molecule has 0 radical (unpaired) electrons. The van der Waals surface area contributed by atoms with Gasteiger partial charge in [0, 0.05) is 31.6 Å². The van der Waals surface area contributed by atoms with Gasteiger partial charge in [0.2, 0.25) is 0 Å². The number of rotatable bonds is 6. The number of aromatic nitrogens is 1. The van der Waals surface area contributed by atoms with Crippen LogP contribution in [0, 0.1) is 13.8 Å². The second-order valence-corrected chi connectivity index (χ2v) is 7.43. The molecule has 0 saturated carbocycles. The van der Waals surface area contributed by atoms with Crippen molar-refractivity contribution in [2.45, 2.75) is 27.2 Å². The predicted molar refractivity (Wildman–Crippen MR) is 112 cm³/mol. The van der Waals surface area contributed by atoms with Crippen molar-refractivity contribution in [3.05, 3.63) is 44.9 Å². The molecule has 5 nitrogen and oxygen atoms in total. The summed E-state index contributed by atoms with van der Waals surface area (Å²) in [6.45, 7) is 8.85. The Bertz CT molecular complexity index is 863. The van der Waals surface area contributed by atoms with Gasteiger partial charge in [-0.25, -0.2) is 9.98 Å². The normalized spacial score (nSPS) is 14.1. The number of nitrogens with zero attached hydrogens (tertiary/aromatic N) is 5. The standard InChI is InChI=1S/C20H25N5S/c1-5-25(4)13-23-17-9-14(2)16(8-15(17)3)10-20-24-19(12-26-20)18-11-21-6-7-22-18/h8-9,11-13H,5-7,10H2,1-4H3. The van der Waals surface area contributed by atoms with Gasteiger partial charge in [0.05, 0.1) is 30.1 Å². The summed E-state index contributed by atoms with van der Waals surface area (Å²) in [5.74, 6) is 0. The Morgan fingerprint density at radius 2 is 2.08 bits per heavy atom. The lowest BCUT2D eigenvalue weighted by molar-refractivity contribution is 0.552. The van der Waals surface area contributed by atoms with E-state index >= 15 is 0 Å². The van der Waals surface area contributed by atoms with Gasteiger partial charge < -0.3 is 4.90 Å². The van der Waals surface area contributed by atoms with Gasteiger partial charge in [0.15, 0.2) is 0 Å². The number of hydrogen-bond acceptors (Lipinski definition) is 5. The number of hydrogen-bond donors (Lipinski definition) is 0. The lowest BCUT2D eigenvalue weighted by Crippen LogP contribution is -2.14. The van der Waals surface area contributed by atoms with Crippen LogP contribution in [0.25, 0.3) is 0 Å². The van der Waals surface area contributed by atoms with Gasteiger partial charge in [-0.15, -0.1) is 11.3 Å². The third kappa shape index (κ3) is 4.43. The van der Waals surface area contributed by atoms with E-state index in [4.69, 9.17) is 4.98 Å². The molecule has 1 aliphatic heterocycles. The molecule has 0 amide bonds. The third-order valence-corrected chi connectivity index (χ3v) is 5.28. The summed E-state index contributed by atoms with van der Waals surface area (Å²) in [4.78, 5) is 20.2. The maximum absolute atomic E-state index is 4.75. The van der Waals surface area contributed by atoms with Crippen molar-refractivity contribution in [2.24, 2.45) is 15.0 Å². The molecule has 0 saturated heterocycles. The van der Waals surface area contributed by atoms with Crippen LogP contribution in [0.5, 0.6) is 0 Å². The molecular weight excluding hydrogens is 342 g/mol. The van der Waals surface area contributed by atoms with E-state index in [0.717, 1.165) is 48.2 Å². The molecule has 26 heavy (non-hydrogen) atoms. The van der Waals surface area contributed by atoms with Crippen LogP contribution in [0.3, 0.4) is 0 Å². The zero-order chi connectivity index (χ0) is 18.5. The average Bonchev–Trinajstić information content (AvgIpc) is 3.12. The SMILES string of the molecule is CCN(C)C=Nc1cc(C)c(Cc2nc(C3=NCCN=C3)cs2)cc1C. The molecule has 0 N–H and O–H groups in total. The van der Waals surface area contributed by atoms with E-state index in [1.807, 2.05) is 19.6 Å².